The van der Waals surface area contributed by atoms with Crippen molar-refractivity contribution in [3.05, 3.63) is 95.3 Å². The van der Waals surface area contributed by atoms with Crippen LogP contribution in [-0.4, -0.2) is 43.3 Å². The van der Waals surface area contributed by atoms with Gasteiger partial charge in [-0.3, -0.25) is 14.5 Å². The Morgan fingerprint density at radius 2 is 1.29 bits per heavy atom. The molecular formula is C26H20F4N2O5S. The third-order valence-corrected chi connectivity index (χ3v) is 7.28. The first-order valence-corrected chi connectivity index (χ1v) is 12.7. The van der Waals surface area contributed by atoms with Crippen LogP contribution in [0.4, 0.5) is 17.6 Å². The number of aromatic hydroxyl groups is 1. The van der Waals surface area contributed by atoms with Crippen molar-refractivity contribution in [2.45, 2.75) is 17.5 Å². The van der Waals surface area contributed by atoms with Gasteiger partial charge in [0, 0.05) is 13.1 Å². The maximum absolute atomic E-state index is 13.5. The average molecular weight is 549 g/mol. The van der Waals surface area contributed by atoms with Crippen LogP contribution in [0.5, 0.6) is 5.75 Å². The first-order valence-electron chi connectivity index (χ1n) is 11.2. The molecule has 7 nitrogen and oxygen atoms in total. The van der Waals surface area contributed by atoms with E-state index in [1.54, 1.807) is 0 Å². The number of phenolic OH excluding ortho intramolecular Hbond substituents is 1. The molecule has 0 aromatic heterocycles. The molecule has 38 heavy (non-hydrogen) atoms. The van der Waals surface area contributed by atoms with E-state index in [4.69, 9.17) is 0 Å². The Kier molecular flexibility index (Phi) is 7.38. The number of halogens is 4. The maximum atomic E-state index is 13.5. The van der Waals surface area contributed by atoms with E-state index in [0.29, 0.717) is 23.3 Å². The topological polar surface area (TPSA) is 104 Å². The second-order valence-corrected chi connectivity index (χ2v) is 10.1. The normalized spacial score (nSPS) is 14.5. The number of alkyl halides is 3. The quantitative estimate of drug-likeness (QED) is 0.250. The van der Waals surface area contributed by atoms with Gasteiger partial charge in [-0.15, -0.1) is 0 Å². The van der Waals surface area contributed by atoms with Gasteiger partial charge in [0.2, 0.25) is 10.0 Å². The van der Waals surface area contributed by atoms with Gasteiger partial charge in [-0.05, 0) is 66.1 Å². The van der Waals surface area contributed by atoms with Crippen molar-refractivity contribution in [3.63, 3.8) is 0 Å². The molecule has 0 saturated carbocycles. The van der Waals surface area contributed by atoms with Crippen molar-refractivity contribution in [1.29, 1.82) is 0 Å². The number of nitrogens with one attached hydrogen (secondary N) is 1. The standard InChI is InChI=1S/C26H20F4N2O5S/c27-19-8-2-16(3-9-19)22-23(17-4-10-20(33)11-5-17)25(35)32(24(22)34)15-1-14-31-38(36,37)21-12-6-18(7-13-21)26(28,29)30/h2-13,31,33H,1,14-15H2. The summed E-state index contributed by atoms with van der Waals surface area (Å²) in [5, 5.41) is 9.60. The molecule has 198 valence electrons. The lowest BCUT2D eigenvalue weighted by atomic mass is 9.96. The summed E-state index contributed by atoms with van der Waals surface area (Å²) >= 11 is 0. The number of phenols is 1. The van der Waals surface area contributed by atoms with E-state index in [1.807, 2.05) is 0 Å². The van der Waals surface area contributed by atoms with E-state index in [0.717, 1.165) is 29.2 Å². The molecule has 0 saturated heterocycles. The molecule has 4 rings (SSSR count). The van der Waals surface area contributed by atoms with Gasteiger partial charge < -0.3 is 5.11 Å². The van der Waals surface area contributed by atoms with Crippen LogP contribution < -0.4 is 4.72 Å². The van der Waals surface area contributed by atoms with Gasteiger partial charge in [0.25, 0.3) is 11.8 Å². The minimum Gasteiger partial charge on any atom is -0.508 e. The van der Waals surface area contributed by atoms with E-state index in [2.05, 4.69) is 4.72 Å². The van der Waals surface area contributed by atoms with E-state index < -0.39 is 39.4 Å². The lowest BCUT2D eigenvalue weighted by Crippen LogP contribution is -2.35. The second-order valence-electron chi connectivity index (χ2n) is 8.34. The van der Waals surface area contributed by atoms with Gasteiger partial charge in [0.05, 0.1) is 21.6 Å². The minimum atomic E-state index is -4.61. The number of hydrogen-bond donors (Lipinski definition) is 2. The van der Waals surface area contributed by atoms with E-state index in [9.17, 15) is 40.7 Å². The number of imide groups is 1. The summed E-state index contributed by atoms with van der Waals surface area (Å²) in [5.41, 5.74) is -0.251. The van der Waals surface area contributed by atoms with Crippen LogP contribution in [0.2, 0.25) is 0 Å². The Morgan fingerprint density at radius 1 is 0.789 bits per heavy atom. The average Bonchev–Trinajstić information content (AvgIpc) is 3.12. The van der Waals surface area contributed by atoms with Crippen LogP contribution in [-0.2, 0) is 25.8 Å². The van der Waals surface area contributed by atoms with Crippen LogP contribution >= 0.6 is 0 Å². The number of rotatable bonds is 8. The number of nitrogens with zero attached hydrogens (tertiary/aromatic N) is 1. The number of carbonyl (C=O) groups is 2. The van der Waals surface area contributed by atoms with Crippen molar-refractivity contribution < 1.29 is 40.7 Å². The Labute approximate surface area is 215 Å². The fourth-order valence-electron chi connectivity index (χ4n) is 3.91. The first-order chi connectivity index (χ1) is 17.9. The molecule has 12 heteroatoms. The molecule has 1 aliphatic rings. The molecule has 0 spiro atoms. The van der Waals surface area contributed by atoms with Crippen LogP contribution in [0.1, 0.15) is 23.1 Å². The summed E-state index contributed by atoms with van der Waals surface area (Å²) < 4.78 is 78.8. The largest absolute Gasteiger partial charge is 0.508 e. The van der Waals surface area contributed by atoms with Crippen LogP contribution in [0, 0.1) is 5.82 Å². The number of amides is 2. The van der Waals surface area contributed by atoms with Gasteiger partial charge in [0.15, 0.2) is 0 Å². The molecule has 0 atom stereocenters. The van der Waals surface area contributed by atoms with E-state index >= 15 is 0 Å². The fourth-order valence-corrected chi connectivity index (χ4v) is 4.98. The van der Waals surface area contributed by atoms with Gasteiger partial charge >= 0.3 is 6.18 Å². The molecule has 0 unspecified atom stereocenters. The summed E-state index contributed by atoms with van der Waals surface area (Å²) in [6, 6.07) is 13.6. The molecular weight excluding hydrogens is 528 g/mol. The molecule has 0 fully saturated rings. The van der Waals surface area contributed by atoms with Gasteiger partial charge in [-0.2, -0.15) is 13.2 Å². The Morgan fingerprint density at radius 3 is 1.79 bits per heavy atom. The molecule has 0 radical (unpaired) electrons. The van der Waals surface area contributed by atoms with E-state index in [-0.39, 0.29) is 41.3 Å². The van der Waals surface area contributed by atoms with Crippen molar-refractivity contribution in [2.75, 3.05) is 13.1 Å². The molecule has 3 aromatic carbocycles. The van der Waals surface area contributed by atoms with Gasteiger partial charge in [-0.25, -0.2) is 17.5 Å². The second kappa shape index (κ2) is 10.4. The van der Waals surface area contributed by atoms with E-state index in [1.165, 1.54) is 36.4 Å². The number of benzene rings is 3. The van der Waals surface area contributed by atoms with Crippen molar-refractivity contribution in [3.8, 4) is 5.75 Å². The number of hydrogen-bond acceptors (Lipinski definition) is 5. The van der Waals surface area contributed by atoms with Gasteiger partial charge in [0.1, 0.15) is 11.6 Å². The smallest absolute Gasteiger partial charge is 0.416 e. The Balaban J connectivity index is 1.48. The minimum absolute atomic E-state index is 0.0108. The predicted molar refractivity (Wildman–Crippen MR) is 129 cm³/mol. The molecule has 1 aliphatic heterocycles. The Bertz CT molecular complexity index is 1430. The highest BCUT2D eigenvalue weighted by molar-refractivity contribution is 7.89. The number of carbonyl (C=O) groups excluding carboxylic acids is 2. The van der Waals surface area contributed by atoms with Crippen LogP contribution in [0.25, 0.3) is 11.1 Å². The third kappa shape index (κ3) is 5.60. The van der Waals surface area contributed by atoms with Crippen molar-refractivity contribution in [1.82, 2.24) is 9.62 Å². The Hall–Kier alpha value is -4.03. The molecule has 3 aromatic rings. The van der Waals surface area contributed by atoms with Crippen molar-refractivity contribution in [2.24, 2.45) is 0 Å². The molecule has 0 bridgehead atoms. The lowest BCUT2D eigenvalue weighted by molar-refractivity contribution is -0.138. The summed E-state index contributed by atoms with van der Waals surface area (Å²) in [5.74, 6) is -1.89. The molecule has 0 aliphatic carbocycles. The monoisotopic (exact) mass is 548 g/mol. The highest BCUT2D eigenvalue weighted by atomic mass is 32.2. The first kappa shape index (κ1) is 27.0. The molecule has 2 N–H and O–H groups in total. The molecule has 1 heterocycles. The van der Waals surface area contributed by atoms with Crippen LogP contribution in [0.3, 0.4) is 0 Å². The summed E-state index contributed by atoms with van der Waals surface area (Å²) in [7, 11) is -4.14. The lowest BCUT2D eigenvalue weighted by Gasteiger charge is -2.15. The third-order valence-electron chi connectivity index (χ3n) is 5.80. The number of sulfonamides is 1. The zero-order valence-electron chi connectivity index (χ0n) is 19.5. The summed E-state index contributed by atoms with van der Waals surface area (Å²) in [6.07, 6.45) is -4.60. The summed E-state index contributed by atoms with van der Waals surface area (Å²) in [4.78, 5) is 27.1. The van der Waals surface area contributed by atoms with Crippen LogP contribution in [0.15, 0.2) is 77.7 Å². The zero-order chi connectivity index (χ0) is 27.7. The highest BCUT2D eigenvalue weighted by Crippen LogP contribution is 2.36. The molecule has 2 amide bonds. The van der Waals surface area contributed by atoms with Crippen molar-refractivity contribution >= 4 is 33.0 Å². The van der Waals surface area contributed by atoms with Gasteiger partial charge in [-0.1, -0.05) is 24.3 Å². The fraction of sp³-hybridized carbons (Fsp3) is 0.154. The maximum Gasteiger partial charge on any atom is 0.416 e. The highest BCUT2D eigenvalue weighted by Gasteiger charge is 2.39. The zero-order valence-corrected chi connectivity index (χ0v) is 20.3. The summed E-state index contributed by atoms with van der Waals surface area (Å²) in [6.45, 7) is -0.375. The SMILES string of the molecule is O=C1C(c2ccc(O)cc2)=C(c2ccc(F)cc2)C(=O)N1CCCNS(=O)(=O)c1ccc(C(F)(F)F)cc1. The predicted octanol–water partition coefficient (Wildman–Crippen LogP) is 4.20.